The van der Waals surface area contributed by atoms with Crippen molar-refractivity contribution in [2.75, 3.05) is 6.79 Å². The smallest absolute Gasteiger partial charge is 0.282 e. The van der Waals surface area contributed by atoms with E-state index in [1.807, 2.05) is 66.7 Å². The average molecular weight is 369 g/mol. The molecule has 1 aliphatic heterocycles. The fourth-order valence-electron chi connectivity index (χ4n) is 3.12. The summed E-state index contributed by atoms with van der Waals surface area (Å²) in [6.07, 6.45) is 1.62. The van der Waals surface area contributed by atoms with Crippen LogP contribution in [-0.4, -0.2) is 22.7 Å². The second-order valence-corrected chi connectivity index (χ2v) is 6.29. The van der Waals surface area contributed by atoms with E-state index in [1.54, 1.807) is 12.3 Å². The summed E-state index contributed by atoms with van der Waals surface area (Å²) < 4.78 is 12.1. The summed E-state index contributed by atoms with van der Waals surface area (Å²) in [5.41, 5.74) is 2.03. The Morgan fingerprint density at radius 2 is 1.71 bits per heavy atom. The van der Waals surface area contributed by atoms with Crippen molar-refractivity contribution in [2.45, 2.75) is 0 Å². The van der Waals surface area contributed by atoms with E-state index in [-0.39, 0.29) is 12.4 Å². The maximum Gasteiger partial charge on any atom is 0.282 e. The highest BCUT2D eigenvalue weighted by molar-refractivity contribution is 5.82. The zero-order valence-electron chi connectivity index (χ0n) is 14.8. The molecule has 136 valence electrons. The van der Waals surface area contributed by atoms with Crippen LogP contribution in [0.5, 0.6) is 11.5 Å². The lowest BCUT2D eigenvalue weighted by molar-refractivity contribution is 0.174. The van der Waals surface area contributed by atoms with Crippen LogP contribution in [0.2, 0.25) is 0 Å². The van der Waals surface area contributed by atoms with Gasteiger partial charge in [0.25, 0.3) is 5.56 Å². The second kappa shape index (κ2) is 6.66. The molecule has 6 heteroatoms. The first kappa shape index (κ1) is 16.3. The summed E-state index contributed by atoms with van der Waals surface area (Å²) in [5, 5.41) is 4.97. The van der Waals surface area contributed by atoms with Gasteiger partial charge >= 0.3 is 0 Å². The molecule has 1 aliphatic rings. The van der Waals surface area contributed by atoms with Gasteiger partial charge in [-0.25, -0.2) is 4.98 Å². The summed E-state index contributed by atoms with van der Waals surface area (Å²) in [5.74, 6) is 1.85. The van der Waals surface area contributed by atoms with Gasteiger partial charge in [0.05, 0.1) is 17.1 Å². The minimum absolute atomic E-state index is 0.210. The van der Waals surface area contributed by atoms with Crippen LogP contribution in [0.3, 0.4) is 0 Å². The van der Waals surface area contributed by atoms with Crippen LogP contribution in [0.1, 0.15) is 5.56 Å². The fourth-order valence-corrected chi connectivity index (χ4v) is 3.12. The Bertz CT molecular complexity index is 1260. The first-order valence-electron chi connectivity index (χ1n) is 8.81. The fraction of sp³-hybridized carbons (Fsp3) is 0.0455. The summed E-state index contributed by atoms with van der Waals surface area (Å²) in [6.45, 7) is 0.210. The topological polar surface area (TPSA) is 65.7 Å². The lowest BCUT2D eigenvalue weighted by Crippen LogP contribution is -2.20. The molecule has 0 saturated heterocycles. The molecule has 28 heavy (non-hydrogen) atoms. The SMILES string of the molecule is O=c1c2ccccc2nc(-c2ccccc2)n1/N=C/c1ccc2c(c1)OCO2. The van der Waals surface area contributed by atoms with E-state index in [9.17, 15) is 4.79 Å². The van der Waals surface area contributed by atoms with Crippen molar-refractivity contribution in [3.05, 3.63) is 88.7 Å². The number of nitrogens with zero attached hydrogens (tertiary/aromatic N) is 3. The van der Waals surface area contributed by atoms with Gasteiger partial charge in [0, 0.05) is 5.56 Å². The molecule has 2 heterocycles. The largest absolute Gasteiger partial charge is 0.454 e. The van der Waals surface area contributed by atoms with Crippen molar-refractivity contribution in [3.8, 4) is 22.9 Å². The number of aromatic nitrogens is 2. The van der Waals surface area contributed by atoms with Gasteiger partial charge in [0.1, 0.15) is 0 Å². The van der Waals surface area contributed by atoms with Gasteiger partial charge in [-0.15, -0.1) is 0 Å². The zero-order valence-corrected chi connectivity index (χ0v) is 14.8. The van der Waals surface area contributed by atoms with Crippen molar-refractivity contribution in [1.82, 2.24) is 9.66 Å². The van der Waals surface area contributed by atoms with Crippen LogP contribution < -0.4 is 15.0 Å². The van der Waals surface area contributed by atoms with Crippen LogP contribution in [0.15, 0.2) is 82.7 Å². The van der Waals surface area contributed by atoms with Gasteiger partial charge in [-0.2, -0.15) is 9.78 Å². The first-order valence-corrected chi connectivity index (χ1v) is 8.81. The number of rotatable bonds is 3. The minimum atomic E-state index is -0.221. The van der Waals surface area contributed by atoms with Gasteiger partial charge in [-0.05, 0) is 35.9 Å². The van der Waals surface area contributed by atoms with Gasteiger partial charge in [0.2, 0.25) is 6.79 Å². The van der Waals surface area contributed by atoms with Gasteiger partial charge in [-0.3, -0.25) is 4.79 Å². The summed E-state index contributed by atoms with van der Waals surface area (Å²) in [6, 6.07) is 22.3. The van der Waals surface area contributed by atoms with Crippen LogP contribution in [-0.2, 0) is 0 Å². The third-order valence-corrected chi connectivity index (χ3v) is 4.50. The normalized spacial score (nSPS) is 12.7. The molecule has 0 aliphatic carbocycles. The van der Waals surface area contributed by atoms with Crippen molar-refractivity contribution in [1.29, 1.82) is 0 Å². The van der Waals surface area contributed by atoms with Crippen molar-refractivity contribution < 1.29 is 9.47 Å². The predicted octanol–water partition coefficient (Wildman–Crippen LogP) is 3.67. The van der Waals surface area contributed by atoms with E-state index < -0.39 is 0 Å². The average Bonchev–Trinajstić information content (AvgIpc) is 3.21. The molecule has 0 amide bonds. The third kappa shape index (κ3) is 2.81. The van der Waals surface area contributed by atoms with E-state index in [4.69, 9.17) is 9.47 Å². The summed E-state index contributed by atoms with van der Waals surface area (Å²) in [7, 11) is 0. The Morgan fingerprint density at radius 3 is 2.61 bits per heavy atom. The van der Waals surface area contributed by atoms with E-state index in [2.05, 4.69) is 10.1 Å². The quantitative estimate of drug-likeness (QED) is 0.517. The van der Waals surface area contributed by atoms with Crippen LogP contribution in [0, 0.1) is 0 Å². The molecule has 0 spiro atoms. The Morgan fingerprint density at radius 1 is 0.929 bits per heavy atom. The van der Waals surface area contributed by atoms with Gasteiger partial charge < -0.3 is 9.47 Å². The Kier molecular flexibility index (Phi) is 3.87. The first-order chi connectivity index (χ1) is 13.8. The van der Waals surface area contributed by atoms with E-state index in [0.29, 0.717) is 28.2 Å². The van der Waals surface area contributed by atoms with E-state index in [0.717, 1.165) is 11.1 Å². The molecule has 1 aromatic heterocycles. The highest BCUT2D eigenvalue weighted by atomic mass is 16.7. The minimum Gasteiger partial charge on any atom is -0.454 e. The summed E-state index contributed by atoms with van der Waals surface area (Å²) >= 11 is 0. The lowest BCUT2D eigenvalue weighted by Gasteiger charge is -2.09. The van der Waals surface area contributed by atoms with Gasteiger partial charge in [-0.1, -0.05) is 42.5 Å². The standard InChI is InChI=1S/C22H15N3O3/c26-22-17-8-4-5-9-18(17)24-21(16-6-2-1-3-7-16)25(22)23-13-15-10-11-19-20(12-15)28-14-27-19/h1-13H,14H2/b23-13+. The Labute approximate surface area is 160 Å². The van der Waals surface area contributed by atoms with Crippen LogP contribution in [0.4, 0.5) is 0 Å². The maximum absolute atomic E-state index is 13.1. The Balaban J connectivity index is 1.67. The molecule has 6 nitrogen and oxygen atoms in total. The molecule has 0 bridgehead atoms. The van der Waals surface area contributed by atoms with E-state index >= 15 is 0 Å². The van der Waals surface area contributed by atoms with Crippen LogP contribution >= 0.6 is 0 Å². The monoisotopic (exact) mass is 369 g/mol. The number of benzene rings is 3. The molecule has 5 rings (SSSR count). The van der Waals surface area contributed by atoms with Gasteiger partial charge in [0.15, 0.2) is 17.3 Å². The number of hydrogen-bond donors (Lipinski definition) is 0. The van der Waals surface area contributed by atoms with E-state index in [1.165, 1.54) is 4.68 Å². The molecule has 4 aromatic rings. The Hall–Kier alpha value is -3.93. The summed E-state index contributed by atoms with van der Waals surface area (Å²) in [4.78, 5) is 17.8. The number of hydrogen-bond acceptors (Lipinski definition) is 5. The molecule has 0 radical (unpaired) electrons. The predicted molar refractivity (Wildman–Crippen MR) is 107 cm³/mol. The lowest BCUT2D eigenvalue weighted by atomic mass is 10.2. The van der Waals surface area contributed by atoms with Crippen molar-refractivity contribution in [2.24, 2.45) is 5.10 Å². The molecule has 0 fully saturated rings. The van der Waals surface area contributed by atoms with Crippen molar-refractivity contribution >= 4 is 17.1 Å². The molecular weight excluding hydrogens is 354 g/mol. The molecule has 0 saturated carbocycles. The molecule has 0 atom stereocenters. The number of ether oxygens (including phenoxy) is 2. The highest BCUT2D eigenvalue weighted by Crippen LogP contribution is 2.32. The molecular formula is C22H15N3O3. The number of fused-ring (bicyclic) bond motifs is 2. The molecule has 3 aromatic carbocycles. The highest BCUT2D eigenvalue weighted by Gasteiger charge is 2.14. The van der Waals surface area contributed by atoms with Crippen LogP contribution in [0.25, 0.3) is 22.3 Å². The second-order valence-electron chi connectivity index (χ2n) is 6.29. The molecule has 0 unspecified atom stereocenters. The van der Waals surface area contributed by atoms with Crippen molar-refractivity contribution in [3.63, 3.8) is 0 Å². The molecule has 0 N–H and O–H groups in total. The zero-order chi connectivity index (χ0) is 18.9. The maximum atomic E-state index is 13.1. The number of para-hydroxylation sites is 1. The third-order valence-electron chi connectivity index (χ3n) is 4.50.